The molecule has 2 aromatic heterocycles. The summed E-state index contributed by atoms with van der Waals surface area (Å²) in [6.07, 6.45) is -0.732. The van der Waals surface area contributed by atoms with E-state index < -0.39 is 18.1 Å². The summed E-state index contributed by atoms with van der Waals surface area (Å²) in [5.74, 6) is -0.0241. The van der Waals surface area contributed by atoms with Crippen molar-refractivity contribution in [3.63, 3.8) is 0 Å². The molecule has 9 nitrogen and oxygen atoms in total. The zero-order chi connectivity index (χ0) is 27.5. The van der Waals surface area contributed by atoms with Gasteiger partial charge in [-0.1, -0.05) is 41.6 Å². The van der Waals surface area contributed by atoms with Crippen molar-refractivity contribution in [2.75, 3.05) is 13.8 Å². The van der Waals surface area contributed by atoms with Crippen LogP contribution in [0.1, 0.15) is 49.3 Å². The second-order valence-corrected chi connectivity index (χ2v) is 11.4. The largest absolute Gasteiger partial charge is 0.411 e. The van der Waals surface area contributed by atoms with Crippen molar-refractivity contribution in [1.29, 1.82) is 0 Å². The summed E-state index contributed by atoms with van der Waals surface area (Å²) in [4.78, 5) is 16.0. The Balaban J connectivity index is 1.61. The number of amides is 1. The monoisotopic (exact) mass is 538 g/mol. The van der Waals surface area contributed by atoms with Crippen molar-refractivity contribution in [2.45, 2.75) is 57.9 Å². The number of aromatic nitrogens is 2. The molecule has 0 aliphatic carbocycles. The number of oxime groups is 1. The number of methoxy groups -OCH3 is 1. The summed E-state index contributed by atoms with van der Waals surface area (Å²) < 4.78 is 23.3. The maximum atomic E-state index is 14.2. The fraction of sp³-hybridized carbons (Fsp3) is 0.355. The predicted octanol–water partition coefficient (Wildman–Crippen LogP) is 5.69. The molecule has 1 saturated heterocycles. The van der Waals surface area contributed by atoms with Crippen LogP contribution in [0.15, 0.2) is 53.7 Å². The number of para-hydroxylation sites is 2. The summed E-state index contributed by atoms with van der Waals surface area (Å²) in [5, 5.41) is 17.9. The van der Waals surface area contributed by atoms with E-state index in [1.54, 1.807) is 12.0 Å². The number of benzene rings is 3. The summed E-state index contributed by atoms with van der Waals surface area (Å²) in [5.41, 5.74) is 5.12. The highest BCUT2D eigenvalue weighted by Gasteiger charge is 2.52. The Kier molecular flexibility index (Phi) is 4.82. The number of nitrogens with zero attached hydrogens (tertiary/aromatic N) is 4. The Morgan fingerprint density at radius 3 is 2.48 bits per heavy atom. The van der Waals surface area contributed by atoms with Crippen molar-refractivity contribution in [2.24, 2.45) is 5.16 Å². The molecule has 40 heavy (non-hydrogen) atoms. The molecule has 9 heteroatoms. The van der Waals surface area contributed by atoms with E-state index in [4.69, 9.17) is 14.2 Å². The lowest BCUT2D eigenvalue weighted by Gasteiger charge is -2.44. The number of ether oxygens (including phenoxy) is 3. The molecule has 8 rings (SSSR count). The van der Waals surface area contributed by atoms with Gasteiger partial charge < -0.3 is 33.5 Å². The summed E-state index contributed by atoms with van der Waals surface area (Å²) >= 11 is 0. The van der Waals surface area contributed by atoms with Crippen molar-refractivity contribution in [3.05, 3.63) is 59.7 Å². The SMILES string of the molecule is CO[C@@H]1C(=NO)C[C@H]2O[C@]1(C)n1c3ccccc3c3c4c(c5c6ccccc6n2c5c31)C(=O)N(COC(C)C)C4. The van der Waals surface area contributed by atoms with Gasteiger partial charge in [0, 0.05) is 41.6 Å². The first-order chi connectivity index (χ1) is 19.4. The average molecular weight is 539 g/mol. The lowest BCUT2D eigenvalue weighted by molar-refractivity contribution is -0.211. The zero-order valence-corrected chi connectivity index (χ0v) is 22.8. The molecule has 5 heterocycles. The highest BCUT2D eigenvalue weighted by Crippen LogP contribution is 2.53. The van der Waals surface area contributed by atoms with Gasteiger partial charge in [0.15, 0.2) is 5.72 Å². The van der Waals surface area contributed by atoms with Gasteiger partial charge in [-0.05, 0) is 38.5 Å². The zero-order valence-electron chi connectivity index (χ0n) is 22.8. The van der Waals surface area contributed by atoms with E-state index in [1.807, 2.05) is 45.0 Å². The normalized spacial score (nSPS) is 25.0. The second-order valence-electron chi connectivity index (χ2n) is 11.4. The Hall–Kier alpha value is -3.92. The van der Waals surface area contributed by atoms with Crippen LogP contribution in [0.2, 0.25) is 0 Å². The summed E-state index contributed by atoms with van der Waals surface area (Å²) in [6.45, 7) is 6.65. The van der Waals surface area contributed by atoms with Crippen LogP contribution < -0.4 is 0 Å². The molecule has 0 radical (unpaired) electrons. The van der Waals surface area contributed by atoms with Crippen LogP contribution >= 0.6 is 0 Å². The Morgan fingerprint density at radius 2 is 1.77 bits per heavy atom. The van der Waals surface area contributed by atoms with Crippen molar-refractivity contribution in [1.82, 2.24) is 14.0 Å². The molecule has 5 aromatic rings. The molecule has 1 N–H and O–H groups in total. The third-order valence-electron chi connectivity index (χ3n) is 8.92. The van der Waals surface area contributed by atoms with E-state index in [2.05, 4.69) is 38.6 Å². The van der Waals surface area contributed by atoms with Gasteiger partial charge in [-0.25, -0.2) is 0 Å². The summed E-state index contributed by atoms with van der Waals surface area (Å²) in [7, 11) is 1.62. The van der Waals surface area contributed by atoms with Crippen LogP contribution in [-0.4, -0.2) is 56.9 Å². The minimum atomic E-state index is -1.02. The molecule has 1 amide bonds. The standard InChI is InChI=1S/C31H30N4O5/c1-16(2)39-15-33-14-19-24-18-10-6-8-12-22(18)35-28(24)27-25(26(19)30(33)36)17-9-5-7-11-21(17)34(27)23-13-20(32-37)29(38-4)31(35,3)40-23/h5-12,16,23,29,37H,13-15H2,1-4H3/t23-,29-,31+/m1/s1. The fourth-order valence-electron chi connectivity index (χ4n) is 7.45. The molecule has 3 aliphatic rings. The maximum absolute atomic E-state index is 14.2. The predicted molar refractivity (Wildman–Crippen MR) is 152 cm³/mol. The smallest absolute Gasteiger partial charge is 0.257 e. The molecule has 3 atom stereocenters. The van der Waals surface area contributed by atoms with Crippen LogP contribution in [0.4, 0.5) is 0 Å². The van der Waals surface area contributed by atoms with Gasteiger partial charge in [0.05, 0.1) is 39.4 Å². The van der Waals surface area contributed by atoms with Crippen molar-refractivity contribution >= 4 is 55.2 Å². The van der Waals surface area contributed by atoms with E-state index in [1.165, 1.54) is 0 Å². The first kappa shape index (κ1) is 23.9. The van der Waals surface area contributed by atoms with Gasteiger partial charge >= 0.3 is 0 Å². The molecule has 3 aromatic carbocycles. The number of carbonyl (C=O) groups is 1. The number of rotatable bonds is 4. The average Bonchev–Trinajstić information content (AvgIpc) is 3.57. The number of hydrogen-bond acceptors (Lipinski definition) is 6. The minimum absolute atomic E-state index is 0.0100. The number of carbonyl (C=O) groups excluding carboxylic acids is 1. The molecule has 2 bridgehead atoms. The Labute approximate surface area is 230 Å². The van der Waals surface area contributed by atoms with Crippen molar-refractivity contribution in [3.8, 4) is 0 Å². The minimum Gasteiger partial charge on any atom is -0.411 e. The molecule has 3 aliphatic heterocycles. The highest BCUT2D eigenvalue weighted by molar-refractivity contribution is 6.31. The van der Waals surface area contributed by atoms with E-state index >= 15 is 0 Å². The quantitative estimate of drug-likeness (QED) is 0.235. The van der Waals surface area contributed by atoms with Gasteiger partial charge in [0.2, 0.25) is 0 Å². The number of hydrogen-bond donors (Lipinski definition) is 1. The van der Waals surface area contributed by atoms with Crippen molar-refractivity contribution < 1.29 is 24.2 Å². The van der Waals surface area contributed by atoms with E-state index in [9.17, 15) is 10.0 Å². The highest BCUT2D eigenvalue weighted by atomic mass is 16.6. The Morgan fingerprint density at radius 1 is 1.07 bits per heavy atom. The molecule has 0 saturated carbocycles. The van der Waals surface area contributed by atoms with Gasteiger partial charge in [-0.15, -0.1) is 0 Å². The summed E-state index contributed by atoms with van der Waals surface area (Å²) in [6, 6.07) is 16.4. The first-order valence-electron chi connectivity index (χ1n) is 13.7. The molecule has 0 spiro atoms. The van der Waals surface area contributed by atoms with Gasteiger partial charge in [-0.3, -0.25) is 4.79 Å². The molecular weight excluding hydrogens is 508 g/mol. The Bertz CT molecular complexity index is 1930. The molecule has 204 valence electrons. The van der Waals surface area contributed by atoms with Gasteiger partial charge in [0.25, 0.3) is 5.91 Å². The van der Waals surface area contributed by atoms with E-state index in [0.717, 1.165) is 54.7 Å². The second kappa shape index (κ2) is 8.06. The first-order valence-corrected chi connectivity index (χ1v) is 13.7. The lowest BCUT2D eigenvalue weighted by Crippen LogP contribution is -2.54. The van der Waals surface area contributed by atoms with Crippen LogP contribution in [0, 0.1) is 0 Å². The van der Waals surface area contributed by atoms with Crippen LogP contribution in [-0.2, 0) is 26.5 Å². The maximum Gasteiger partial charge on any atom is 0.257 e. The lowest BCUT2D eigenvalue weighted by atomic mass is 9.95. The molecule has 0 unspecified atom stereocenters. The third-order valence-corrected chi connectivity index (χ3v) is 8.92. The topological polar surface area (TPSA) is 90.4 Å². The molecule has 1 fully saturated rings. The fourth-order valence-corrected chi connectivity index (χ4v) is 7.45. The van der Waals surface area contributed by atoms with Crippen LogP contribution in [0.5, 0.6) is 0 Å². The third kappa shape index (κ3) is 2.77. The van der Waals surface area contributed by atoms with Gasteiger partial charge in [0.1, 0.15) is 19.1 Å². The number of fused-ring (bicyclic) bond motifs is 13. The van der Waals surface area contributed by atoms with Crippen LogP contribution in [0.25, 0.3) is 43.6 Å². The van der Waals surface area contributed by atoms with E-state index in [0.29, 0.717) is 18.7 Å². The molecular formula is C31H30N4O5. The van der Waals surface area contributed by atoms with Crippen LogP contribution in [0.3, 0.4) is 0 Å². The van der Waals surface area contributed by atoms with Gasteiger partial charge in [-0.2, -0.15) is 0 Å². The van der Waals surface area contributed by atoms with E-state index in [-0.39, 0.29) is 18.7 Å².